The zero-order valence-electron chi connectivity index (χ0n) is 13.4. The molecule has 0 atom stereocenters. The first-order valence-electron chi connectivity index (χ1n) is 7.88. The molecule has 0 aliphatic heterocycles. The van der Waals surface area contributed by atoms with Gasteiger partial charge in [-0.15, -0.1) is 0 Å². The van der Waals surface area contributed by atoms with E-state index < -0.39 is 8.80 Å². The van der Waals surface area contributed by atoms with Gasteiger partial charge in [0.2, 0.25) is 0 Å². The summed E-state index contributed by atoms with van der Waals surface area (Å²) in [5, 5.41) is 0. The first kappa shape index (κ1) is 17.1. The molecule has 19 heavy (non-hydrogen) atoms. The third kappa shape index (κ3) is 6.36. The molecule has 0 unspecified atom stereocenters. The molecule has 0 saturated heterocycles. The summed E-state index contributed by atoms with van der Waals surface area (Å²) in [6, 6.07) is 0.598. The summed E-state index contributed by atoms with van der Waals surface area (Å²) >= 11 is 0. The fourth-order valence-corrected chi connectivity index (χ4v) is 6.07. The molecule has 1 saturated carbocycles. The number of hydrogen-bond donors (Lipinski definition) is 3. The standard InChI is InChI=1S/C14H33N3OSi/c1-6-15-19(16-7-2,18-14(3,4)5)17-13-11-9-8-10-12-13/h13,15-17H,6-12H2,1-5H3. The summed E-state index contributed by atoms with van der Waals surface area (Å²) in [5.74, 6) is 0. The average Bonchev–Trinajstić information content (AvgIpc) is 2.28. The van der Waals surface area contributed by atoms with Gasteiger partial charge in [0.05, 0.1) is 5.60 Å². The van der Waals surface area contributed by atoms with Gasteiger partial charge in [-0.1, -0.05) is 33.1 Å². The molecule has 0 aromatic rings. The average molecular weight is 288 g/mol. The molecule has 5 heteroatoms. The Labute approximate surface area is 120 Å². The van der Waals surface area contributed by atoms with Gasteiger partial charge in [0, 0.05) is 6.04 Å². The highest BCUT2D eigenvalue weighted by atomic mass is 28.4. The van der Waals surface area contributed by atoms with Gasteiger partial charge in [0.1, 0.15) is 0 Å². The van der Waals surface area contributed by atoms with Crippen LogP contribution >= 0.6 is 0 Å². The predicted octanol–water partition coefficient (Wildman–Crippen LogP) is 2.38. The van der Waals surface area contributed by atoms with E-state index in [4.69, 9.17) is 4.43 Å². The lowest BCUT2D eigenvalue weighted by atomic mass is 9.96. The Morgan fingerprint density at radius 2 is 1.53 bits per heavy atom. The molecule has 0 heterocycles. The molecule has 0 bridgehead atoms. The van der Waals surface area contributed by atoms with Crippen LogP contribution in [0.5, 0.6) is 0 Å². The van der Waals surface area contributed by atoms with Gasteiger partial charge >= 0.3 is 8.80 Å². The van der Waals surface area contributed by atoms with Crippen LogP contribution in [-0.2, 0) is 4.43 Å². The lowest BCUT2D eigenvalue weighted by molar-refractivity contribution is 0.0979. The van der Waals surface area contributed by atoms with Gasteiger partial charge in [0.15, 0.2) is 0 Å². The molecule has 0 radical (unpaired) electrons. The van der Waals surface area contributed by atoms with Gasteiger partial charge in [-0.25, -0.2) is 0 Å². The van der Waals surface area contributed by atoms with Gasteiger partial charge < -0.3 is 4.43 Å². The molecule has 0 spiro atoms. The van der Waals surface area contributed by atoms with Crippen molar-refractivity contribution in [2.75, 3.05) is 13.1 Å². The Balaban J connectivity index is 2.74. The SMILES string of the molecule is CCN[Si](NCC)(NC1CCCCC1)OC(C)(C)C. The lowest BCUT2D eigenvalue weighted by Crippen LogP contribution is -2.77. The first-order chi connectivity index (χ1) is 8.91. The molecule has 0 aromatic heterocycles. The lowest BCUT2D eigenvalue weighted by Gasteiger charge is -2.40. The Bertz CT molecular complexity index is 244. The minimum Gasteiger partial charge on any atom is -0.375 e. The van der Waals surface area contributed by atoms with Crippen LogP contribution in [0.15, 0.2) is 0 Å². The van der Waals surface area contributed by atoms with E-state index in [9.17, 15) is 0 Å². The Kier molecular flexibility index (Phi) is 6.97. The molecular formula is C14H33N3OSi. The maximum atomic E-state index is 6.41. The van der Waals surface area contributed by atoms with E-state index in [0.717, 1.165) is 13.1 Å². The molecule has 0 amide bonds. The van der Waals surface area contributed by atoms with E-state index in [-0.39, 0.29) is 5.60 Å². The van der Waals surface area contributed by atoms with Crippen LogP contribution in [0.4, 0.5) is 0 Å². The summed E-state index contributed by atoms with van der Waals surface area (Å²) in [7, 11) is -2.27. The Morgan fingerprint density at radius 3 is 1.95 bits per heavy atom. The quantitative estimate of drug-likeness (QED) is 0.629. The van der Waals surface area contributed by atoms with Gasteiger partial charge in [0.25, 0.3) is 0 Å². The predicted molar refractivity (Wildman–Crippen MR) is 84.0 cm³/mol. The fourth-order valence-electron chi connectivity index (χ4n) is 2.76. The van der Waals surface area contributed by atoms with Crippen LogP contribution in [-0.4, -0.2) is 33.5 Å². The van der Waals surface area contributed by atoms with Crippen LogP contribution in [0.25, 0.3) is 0 Å². The number of nitrogens with one attached hydrogen (secondary N) is 3. The van der Waals surface area contributed by atoms with E-state index in [2.05, 4.69) is 49.6 Å². The maximum absolute atomic E-state index is 6.41. The van der Waals surface area contributed by atoms with E-state index in [1.807, 2.05) is 0 Å². The van der Waals surface area contributed by atoms with Crippen molar-refractivity contribution in [3.8, 4) is 0 Å². The Morgan fingerprint density at radius 1 is 1.00 bits per heavy atom. The van der Waals surface area contributed by atoms with Crippen molar-refractivity contribution in [1.29, 1.82) is 0 Å². The van der Waals surface area contributed by atoms with Crippen molar-refractivity contribution >= 4 is 8.80 Å². The first-order valence-corrected chi connectivity index (χ1v) is 9.79. The van der Waals surface area contributed by atoms with Crippen molar-refractivity contribution in [3.05, 3.63) is 0 Å². The highest BCUT2D eigenvalue weighted by molar-refractivity contribution is 6.66. The van der Waals surface area contributed by atoms with E-state index in [1.165, 1.54) is 32.1 Å². The smallest absolute Gasteiger partial charge is 0.375 e. The minimum absolute atomic E-state index is 0.141. The second kappa shape index (κ2) is 7.74. The molecule has 1 aliphatic rings. The largest absolute Gasteiger partial charge is 0.440 e. The molecule has 1 rings (SSSR count). The maximum Gasteiger partial charge on any atom is 0.440 e. The van der Waals surface area contributed by atoms with Crippen LogP contribution in [0.1, 0.15) is 66.7 Å². The molecule has 4 nitrogen and oxygen atoms in total. The minimum atomic E-state index is -2.27. The van der Waals surface area contributed by atoms with Crippen molar-refractivity contribution in [2.24, 2.45) is 0 Å². The van der Waals surface area contributed by atoms with Gasteiger partial charge in [-0.3, -0.25) is 14.9 Å². The van der Waals surface area contributed by atoms with E-state index >= 15 is 0 Å². The Hall–Kier alpha value is 0.0569. The summed E-state index contributed by atoms with van der Waals surface area (Å²) in [6.07, 6.45) is 6.62. The van der Waals surface area contributed by atoms with Crippen molar-refractivity contribution in [1.82, 2.24) is 14.9 Å². The normalized spacial score (nSPS) is 18.8. The molecule has 1 fully saturated rings. The van der Waals surface area contributed by atoms with Crippen LogP contribution in [0.2, 0.25) is 0 Å². The summed E-state index contributed by atoms with van der Waals surface area (Å²) in [4.78, 5) is 11.0. The second-order valence-electron chi connectivity index (χ2n) is 6.44. The number of hydrogen-bond acceptors (Lipinski definition) is 4. The highest BCUT2D eigenvalue weighted by Crippen LogP contribution is 2.20. The summed E-state index contributed by atoms with van der Waals surface area (Å²) in [6.45, 7) is 12.5. The summed E-state index contributed by atoms with van der Waals surface area (Å²) in [5.41, 5.74) is -0.141. The van der Waals surface area contributed by atoms with Gasteiger partial charge in [-0.2, -0.15) is 0 Å². The third-order valence-corrected chi connectivity index (χ3v) is 6.76. The van der Waals surface area contributed by atoms with Crippen LogP contribution in [0.3, 0.4) is 0 Å². The van der Waals surface area contributed by atoms with E-state index in [0.29, 0.717) is 6.04 Å². The fraction of sp³-hybridized carbons (Fsp3) is 1.00. The summed E-state index contributed by atoms with van der Waals surface area (Å²) < 4.78 is 6.41. The molecule has 1 aliphatic carbocycles. The zero-order valence-corrected chi connectivity index (χ0v) is 14.4. The number of rotatable bonds is 7. The van der Waals surface area contributed by atoms with Gasteiger partial charge in [-0.05, 0) is 46.7 Å². The molecule has 114 valence electrons. The van der Waals surface area contributed by atoms with Crippen molar-refractivity contribution < 1.29 is 4.43 Å². The zero-order chi connectivity index (χ0) is 14.4. The molecule has 0 aromatic carbocycles. The monoisotopic (exact) mass is 287 g/mol. The van der Waals surface area contributed by atoms with Crippen molar-refractivity contribution in [3.63, 3.8) is 0 Å². The second-order valence-corrected chi connectivity index (χ2v) is 9.00. The molecular weight excluding hydrogens is 254 g/mol. The third-order valence-electron chi connectivity index (χ3n) is 3.32. The van der Waals surface area contributed by atoms with Crippen molar-refractivity contribution in [2.45, 2.75) is 78.4 Å². The highest BCUT2D eigenvalue weighted by Gasteiger charge is 2.41. The molecule has 3 N–H and O–H groups in total. The van der Waals surface area contributed by atoms with E-state index in [1.54, 1.807) is 0 Å². The topological polar surface area (TPSA) is 45.3 Å². The van der Waals surface area contributed by atoms with Crippen LogP contribution < -0.4 is 14.9 Å². The van der Waals surface area contributed by atoms with Crippen LogP contribution in [0, 0.1) is 0 Å².